The first-order valence-corrected chi connectivity index (χ1v) is 8.57. The fourth-order valence-corrected chi connectivity index (χ4v) is 2.72. The average molecular weight is 347 g/mol. The van der Waals surface area contributed by atoms with Gasteiger partial charge in [-0.2, -0.15) is 0 Å². The van der Waals surface area contributed by atoms with E-state index in [1.807, 2.05) is 12.3 Å². The Morgan fingerprint density at radius 1 is 1.42 bits per heavy atom. The summed E-state index contributed by atoms with van der Waals surface area (Å²) in [5, 5.41) is 5.53. The van der Waals surface area contributed by atoms with Crippen molar-refractivity contribution in [1.82, 2.24) is 9.88 Å². The highest BCUT2D eigenvalue weighted by atomic mass is 32.1. The van der Waals surface area contributed by atoms with Crippen molar-refractivity contribution in [2.24, 2.45) is 0 Å². The number of hydrogen-bond acceptors (Lipinski definition) is 5. The molecule has 0 radical (unpaired) electrons. The van der Waals surface area contributed by atoms with Crippen LogP contribution in [0.3, 0.4) is 0 Å². The summed E-state index contributed by atoms with van der Waals surface area (Å²) in [6.45, 7) is 3.64. The fraction of sp³-hybridized carbons (Fsp3) is 0.353. The van der Waals surface area contributed by atoms with Gasteiger partial charge in [0.15, 0.2) is 6.61 Å². The molecule has 0 bridgehead atoms. The lowest BCUT2D eigenvalue weighted by atomic mass is 10.3. The molecule has 2 amide bonds. The minimum absolute atomic E-state index is 0.0692. The number of benzene rings is 1. The van der Waals surface area contributed by atoms with Crippen LogP contribution in [0.4, 0.5) is 5.69 Å². The van der Waals surface area contributed by atoms with Crippen LogP contribution in [0.15, 0.2) is 35.8 Å². The van der Waals surface area contributed by atoms with Crippen LogP contribution in [0.25, 0.3) is 0 Å². The van der Waals surface area contributed by atoms with Crippen molar-refractivity contribution in [2.45, 2.75) is 26.3 Å². The first-order valence-electron chi connectivity index (χ1n) is 7.69. The Kier molecular flexibility index (Phi) is 6.31. The smallest absolute Gasteiger partial charge is 0.260 e. The number of anilines is 1. The van der Waals surface area contributed by atoms with Gasteiger partial charge in [-0.3, -0.25) is 9.59 Å². The van der Waals surface area contributed by atoms with Gasteiger partial charge in [-0.15, -0.1) is 11.3 Å². The second kappa shape index (κ2) is 8.44. The lowest BCUT2D eigenvalue weighted by Gasteiger charge is -2.23. The zero-order valence-corrected chi connectivity index (χ0v) is 14.8. The predicted molar refractivity (Wildman–Crippen MR) is 94.2 cm³/mol. The van der Waals surface area contributed by atoms with Crippen LogP contribution in [0, 0.1) is 0 Å². The van der Waals surface area contributed by atoms with Crippen molar-refractivity contribution in [3.05, 3.63) is 40.8 Å². The lowest BCUT2D eigenvalue weighted by Crippen LogP contribution is -2.33. The molecule has 1 N–H and O–H groups in total. The van der Waals surface area contributed by atoms with Crippen LogP contribution < -0.4 is 10.1 Å². The van der Waals surface area contributed by atoms with E-state index in [0.717, 1.165) is 5.01 Å². The average Bonchev–Trinajstić information content (AvgIpc) is 3.13. The van der Waals surface area contributed by atoms with E-state index in [9.17, 15) is 9.59 Å². The van der Waals surface area contributed by atoms with Gasteiger partial charge in [0.1, 0.15) is 10.8 Å². The maximum absolute atomic E-state index is 12.3. The van der Waals surface area contributed by atoms with Crippen molar-refractivity contribution in [3.63, 3.8) is 0 Å². The quantitative estimate of drug-likeness (QED) is 0.835. The molecule has 0 unspecified atom stereocenters. The molecule has 1 heterocycles. The van der Waals surface area contributed by atoms with E-state index in [-0.39, 0.29) is 24.5 Å². The van der Waals surface area contributed by atoms with Gasteiger partial charge in [-0.05, 0) is 19.1 Å². The summed E-state index contributed by atoms with van der Waals surface area (Å²) in [4.78, 5) is 29.5. The molecular weight excluding hydrogens is 326 g/mol. The summed E-state index contributed by atoms with van der Waals surface area (Å²) >= 11 is 1.51. The second-order valence-corrected chi connectivity index (χ2v) is 6.20. The molecule has 2 rings (SSSR count). The third-order valence-electron chi connectivity index (χ3n) is 3.58. The maximum Gasteiger partial charge on any atom is 0.260 e. The Labute approximate surface area is 145 Å². The van der Waals surface area contributed by atoms with Crippen molar-refractivity contribution in [3.8, 4) is 5.75 Å². The van der Waals surface area contributed by atoms with E-state index in [1.165, 1.54) is 11.3 Å². The van der Waals surface area contributed by atoms with Gasteiger partial charge in [0, 0.05) is 36.8 Å². The molecule has 128 valence electrons. The van der Waals surface area contributed by atoms with E-state index in [1.54, 1.807) is 49.3 Å². The van der Waals surface area contributed by atoms with Gasteiger partial charge in [0.25, 0.3) is 5.91 Å². The number of nitrogens with zero attached hydrogens (tertiary/aromatic N) is 2. The van der Waals surface area contributed by atoms with Crippen LogP contribution in [0.2, 0.25) is 0 Å². The van der Waals surface area contributed by atoms with Crippen LogP contribution in [-0.4, -0.2) is 35.4 Å². The van der Waals surface area contributed by atoms with Crippen molar-refractivity contribution in [2.75, 3.05) is 19.0 Å². The van der Waals surface area contributed by atoms with Crippen LogP contribution in [-0.2, 0) is 9.59 Å². The zero-order chi connectivity index (χ0) is 17.5. The third kappa shape index (κ3) is 4.79. The summed E-state index contributed by atoms with van der Waals surface area (Å²) < 4.78 is 5.55. The number of hydrogen-bond donors (Lipinski definition) is 1. The number of thiazole rings is 1. The van der Waals surface area contributed by atoms with Crippen molar-refractivity contribution >= 4 is 28.8 Å². The first kappa shape index (κ1) is 17.9. The minimum Gasteiger partial charge on any atom is -0.484 e. The summed E-state index contributed by atoms with van der Waals surface area (Å²) in [7, 11) is 1.73. The number of ether oxygens (including phenoxy) is 1. The molecule has 1 atom stereocenters. The van der Waals surface area contributed by atoms with Gasteiger partial charge < -0.3 is 15.0 Å². The monoisotopic (exact) mass is 347 g/mol. The Hall–Kier alpha value is -2.41. The van der Waals surface area contributed by atoms with Crippen molar-refractivity contribution in [1.29, 1.82) is 0 Å². The van der Waals surface area contributed by atoms with Gasteiger partial charge in [-0.25, -0.2) is 4.98 Å². The molecule has 0 saturated carbocycles. The molecule has 24 heavy (non-hydrogen) atoms. The molecule has 2 aromatic rings. The highest BCUT2D eigenvalue weighted by Gasteiger charge is 2.19. The number of rotatable bonds is 7. The van der Waals surface area contributed by atoms with E-state index in [2.05, 4.69) is 10.3 Å². The molecule has 1 aromatic carbocycles. The number of likely N-dealkylation sites (N-methyl/N-ethyl adjacent to an activating group) is 1. The molecule has 0 spiro atoms. The first-order chi connectivity index (χ1) is 11.5. The molecule has 7 heteroatoms. The molecule has 0 aliphatic carbocycles. The molecular formula is C17H21N3O3S. The van der Waals surface area contributed by atoms with Crippen LogP contribution in [0.1, 0.15) is 31.3 Å². The van der Waals surface area contributed by atoms with E-state index in [0.29, 0.717) is 17.9 Å². The molecule has 1 aromatic heterocycles. The Morgan fingerprint density at radius 3 is 2.88 bits per heavy atom. The number of carbonyl (C=O) groups is 2. The van der Waals surface area contributed by atoms with E-state index < -0.39 is 0 Å². The lowest BCUT2D eigenvalue weighted by molar-refractivity contribution is -0.134. The predicted octanol–water partition coefficient (Wildman–Crippen LogP) is 3.09. The number of amides is 2. The maximum atomic E-state index is 12.3. The highest BCUT2D eigenvalue weighted by Crippen LogP contribution is 2.21. The largest absolute Gasteiger partial charge is 0.484 e. The molecule has 0 aliphatic heterocycles. The number of carbonyl (C=O) groups excluding carboxylic acids is 2. The van der Waals surface area contributed by atoms with Gasteiger partial charge in [0.2, 0.25) is 5.91 Å². The normalized spacial score (nSPS) is 11.6. The Balaban J connectivity index is 1.91. The van der Waals surface area contributed by atoms with Crippen LogP contribution >= 0.6 is 11.3 Å². The molecule has 0 fully saturated rings. The van der Waals surface area contributed by atoms with Crippen LogP contribution in [0.5, 0.6) is 5.75 Å². The molecule has 6 nitrogen and oxygen atoms in total. The van der Waals surface area contributed by atoms with Gasteiger partial charge in [0.05, 0.1) is 6.04 Å². The number of nitrogens with one attached hydrogen (secondary N) is 1. The summed E-state index contributed by atoms with van der Waals surface area (Å²) in [5.41, 5.74) is 0.649. The third-order valence-corrected chi connectivity index (χ3v) is 4.53. The zero-order valence-electron chi connectivity index (χ0n) is 14.0. The number of aromatic nitrogens is 1. The summed E-state index contributed by atoms with van der Waals surface area (Å²) in [6, 6.07) is 6.90. The standard InChI is InChI=1S/C17H21N3O3S/c1-4-15(21)19-13-6-5-7-14(10-13)23-11-16(22)20(3)12(2)17-18-8-9-24-17/h5-10,12H,4,11H2,1-3H3,(H,19,21)/t12-/m0/s1. The topological polar surface area (TPSA) is 71.5 Å². The van der Waals surface area contributed by atoms with Gasteiger partial charge in [-0.1, -0.05) is 13.0 Å². The molecule has 0 aliphatic rings. The van der Waals surface area contributed by atoms with E-state index in [4.69, 9.17) is 4.74 Å². The van der Waals surface area contributed by atoms with Gasteiger partial charge >= 0.3 is 0 Å². The second-order valence-electron chi connectivity index (χ2n) is 5.27. The minimum atomic E-state index is -0.138. The highest BCUT2D eigenvalue weighted by molar-refractivity contribution is 7.09. The van der Waals surface area contributed by atoms with E-state index >= 15 is 0 Å². The Morgan fingerprint density at radius 2 is 2.21 bits per heavy atom. The SMILES string of the molecule is CCC(=O)Nc1cccc(OCC(=O)N(C)[C@@H](C)c2nccs2)c1. The summed E-state index contributed by atoms with van der Waals surface area (Å²) in [5.74, 6) is 0.327. The van der Waals surface area contributed by atoms with Crippen molar-refractivity contribution < 1.29 is 14.3 Å². The Bertz CT molecular complexity index is 688. The fourth-order valence-electron chi connectivity index (χ4n) is 1.98. The summed E-state index contributed by atoms with van der Waals surface area (Å²) in [6.07, 6.45) is 2.13. The molecule has 0 saturated heterocycles.